The summed E-state index contributed by atoms with van der Waals surface area (Å²) in [7, 11) is 1.38. The number of nitrogens with one attached hydrogen (secondary N) is 2. The summed E-state index contributed by atoms with van der Waals surface area (Å²) in [4.78, 5) is 11.7. The van der Waals surface area contributed by atoms with Crippen LogP contribution in [0.25, 0.3) is 0 Å². The number of hydrazine groups is 1. The number of para-hydroxylation sites is 1. The maximum Gasteiger partial charge on any atom is 0.338 e. The van der Waals surface area contributed by atoms with Crippen LogP contribution in [0.5, 0.6) is 0 Å². The van der Waals surface area contributed by atoms with Crippen molar-refractivity contribution in [2.75, 3.05) is 12.5 Å². The van der Waals surface area contributed by atoms with Crippen LogP contribution in [0.3, 0.4) is 0 Å². The van der Waals surface area contributed by atoms with Gasteiger partial charge in [-0.2, -0.15) is 0 Å². The van der Waals surface area contributed by atoms with Gasteiger partial charge >= 0.3 is 5.97 Å². The van der Waals surface area contributed by atoms with E-state index >= 15 is 0 Å². The Morgan fingerprint density at radius 2 is 1.90 bits per heavy atom. The average Bonchev–Trinajstić information content (AvgIpc) is 2.49. The second-order valence-corrected chi connectivity index (χ2v) is 4.96. The largest absolute Gasteiger partial charge is 0.465 e. The molecule has 0 spiro atoms. The van der Waals surface area contributed by atoms with Crippen LogP contribution in [-0.4, -0.2) is 13.1 Å². The van der Waals surface area contributed by atoms with Gasteiger partial charge in [0.2, 0.25) is 0 Å². The zero-order chi connectivity index (χ0) is 14.4. The fraction of sp³-hybridized carbons (Fsp3) is 0.133. The van der Waals surface area contributed by atoms with Crippen molar-refractivity contribution in [3.8, 4) is 0 Å². The summed E-state index contributed by atoms with van der Waals surface area (Å²) in [6.45, 7) is 0.487. The van der Waals surface area contributed by atoms with E-state index in [4.69, 9.17) is 4.74 Å². The monoisotopic (exact) mass is 334 g/mol. The van der Waals surface area contributed by atoms with Crippen molar-refractivity contribution in [1.82, 2.24) is 5.43 Å². The van der Waals surface area contributed by atoms with Crippen molar-refractivity contribution in [2.45, 2.75) is 6.54 Å². The highest BCUT2D eigenvalue weighted by Gasteiger charge is 2.13. The number of esters is 1. The number of halogens is 1. The fourth-order valence-electron chi connectivity index (χ4n) is 1.80. The number of anilines is 1. The van der Waals surface area contributed by atoms with Crippen LogP contribution in [0.2, 0.25) is 0 Å². The number of ether oxygens (including phenoxy) is 1. The van der Waals surface area contributed by atoms with E-state index in [9.17, 15) is 4.79 Å². The number of carbonyl (C=O) groups is 1. The molecule has 4 nitrogen and oxygen atoms in total. The predicted molar refractivity (Wildman–Crippen MR) is 82.4 cm³/mol. The molecule has 0 aliphatic rings. The lowest BCUT2D eigenvalue weighted by molar-refractivity contribution is 0.0599. The third kappa shape index (κ3) is 3.59. The Balaban J connectivity index is 2.07. The molecule has 0 saturated carbocycles. The summed E-state index contributed by atoms with van der Waals surface area (Å²) in [5, 5.41) is 0. The van der Waals surface area contributed by atoms with Gasteiger partial charge in [0.1, 0.15) is 0 Å². The molecule has 0 aromatic heterocycles. The summed E-state index contributed by atoms with van der Waals surface area (Å²) in [5.41, 5.74) is 8.52. The Hall–Kier alpha value is -1.85. The molecule has 20 heavy (non-hydrogen) atoms. The minimum absolute atomic E-state index is 0.345. The molecule has 0 fully saturated rings. The maximum absolute atomic E-state index is 11.7. The van der Waals surface area contributed by atoms with E-state index in [1.807, 2.05) is 42.5 Å². The molecule has 0 heterocycles. The van der Waals surface area contributed by atoms with Gasteiger partial charge in [-0.1, -0.05) is 40.2 Å². The van der Waals surface area contributed by atoms with Crippen LogP contribution in [0.15, 0.2) is 53.0 Å². The van der Waals surface area contributed by atoms with E-state index in [1.165, 1.54) is 7.11 Å². The van der Waals surface area contributed by atoms with Crippen LogP contribution in [0, 0.1) is 0 Å². The van der Waals surface area contributed by atoms with Crippen molar-refractivity contribution in [3.05, 3.63) is 64.1 Å². The molecular weight excluding hydrogens is 320 g/mol. The first-order chi connectivity index (χ1) is 9.72. The van der Waals surface area contributed by atoms with Gasteiger partial charge in [0.15, 0.2) is 0 Å². The molecule has 2 aromatic rings. The minimum Gasteiger partial charge on any atom is -0.465 e. The second-order valence-electron chi connectivity index (χ2n) is 4.10. The fourth-order valence-corrected chi connectivity index (χ4v) is 2.30. The van der Waals surface area contributed by atoms with E-state index in [1.54, 1.807) is 6.07 Å². The molecule has 0 aliphatic carbocycles. The van der Waals surface area contributed by atoms with Crippen LogP contribution >= 0.6 is 15.9 Å². The predicted octanol–water partition coefficient (Wildman–Crippen LogP) is 3.35. The summed E-state index contributed by atoms with van der Waals surface area (Å²) in [6.07, 6.45) is 0. The summed E-state index contributed by atoms with van der Waals surface area (Å²) in [5.74, 6) is -0.345. The van der Waals surface area contributed by atoms with Crippen molar-refractivity contribution in [2.24, 2.45) is 0 Å². The molecule has 0 unspecified atom stereocenters. The van der Waals surface area contributed by atoms with E-state index in [-0.39, 0.29) is 5.97 Å². The number of hydrogen-bond acceptors (Lipinski definition) is 4. The maximum atomic E-state index is 11.7. The SMILES string of the molecule is COC(=O)c1cccc(Br)c1CNNc1ccccc1. The Bertz CT molecular complexity index is 588. The van der Waals surface area contributed by atoms with Gasteiger partial charge in [0, 0.05) is 16.7 Å². The molecular formula is C15H15BrN2O2. The van der Waals surface area contributed by atoms with Crippen molar-refractivity contribution in [3.63, 3.8) is 0 Å². The summed E-state index contributed by atoms with van der Waals surface area (Å²) >= 11 is 3.46. The van der Waals surface area contributed by atoms with Gasteiger partial charge < -0.3 is 10.2 Å². The number of benzene rings is 2. The van der Waals surface area contributed by atoms with Gasteiger partial charge in [-0.3, -0.25) is 0 Å². The summed E-state index contributed by atoms with van der Waals surface area (Å²) in [6, 6.07) is 15.2. The molecule has 2 N–H and O–H groups in total. The molecule has 0 amide bonds. The van der Waals surface area contributed by atoms with Crippen molar-refractivity contribution >= 4 is 27.6 Å². The standard InChI is InChI=1S/C15H15BrN2O2/c1-20-15(19)12-8-5-9-14(16)13(12)10-17-18-11-6-3-2-4-7-11/h2-9,17-18H,10H2,1H3. The highest BCUT2D eigenvalue weighted by Crippen LogP contribution is 2.21. The Morgan fingerprint density at radius 3 is 2.60 bits per heavy atom. The van der Waals surface area contributed by atoms with Crippen LogP contribution in [0.4, 0.5) is 5.69 Å². The molecule has 0 bridgehead atoms. The normalized spacial score (nSPS) is 10.1. The Morgan fingerprint density at radius 1 is 1.15 bits per heavy atom. The molecule has 0 radical (unpaired) electrons. The number of carbonyl (C=O) groups excluding carboxylic acids is 1. The summed E-state index contributed by atoms with van der Waals surface area (Å²) < 4.78 is 5.65. The van der Waals surface area contributed by atoms with E-state index < -0.39 is 0 Å². The van der Waals surface area contributed by atoms with Crippen LogP contribution in [-0.2, 0) is 11.3 Å². The van der Waals surface area contributed by atoms with Crippen LogP contribution < -0.4 is 10.9 Å². The van der Waals surface area contributed by atoms with Gasteiger partial charge in [0.25, 0.3) is 0 Å². The van der Waals surface area contributed by atoms with Crippen molar-refractivity contribution in [1.29, 1.82) is 0 Å². The highest BCUT2D eigenvalue weighted by atomic mass is 79.9. The van der Waals surface area contributed by atoms with Crippen LogP contribution in [0.1, 0.15) is 15.9 Å². The zero-order valence-electron chi connectivity index (χ0n) is 11.0. The number of methoxy groups -OCH3 is 1. The molecule has 0 aliphatic heterocycles. The quantitative estimate of drug-likeness (QED) is 0.650. The smallest absolute Gasteiger partial charge is 0.338 e. The first-order valence-corrected chi connectivity index (χ1v) is 6.91. The molecule has 0 atom stereocenters. The molecule has 5 heteroatoms. The topological polar surface area (TPSA) is 50.4 Å². The van der Waals surface area contributed by atoms with E-state index in [0.717, 1.165) is 15.7 Å². The minimum atomic E-state index is -0.345. The lowest BCUT2D eigenvalue weighted by Crippen LogP contribution is -2.22. The van der Waals surface area contributed by atoms with E-state index in [0.29, 0.717) is 12.1 Å². The number of hydrogen-bond donors (Lipinski definition) is 2. The molecule has 2 aromatic carbocycles. The van der Waals surface area contributed by atoms with Crippen molar-refractivity contribution < 1.29 is 9.53 Å². The Kier molecular flexibility index (Phi) is 5.15. The molecule has 104 valence electrons. The second kappa shape index (κ2) is 7.07. The zero-order valence-corrected chi connectivity index (χ0v) is 12.6. The van der Waals surface area contributed by atoms with Gasteiger partial charge in [-0.25, -0.2) is 10.2 Å². The van der Waals surface area contributed by atoms with Gasteiger partial charge in [-0.05, 0) is 29.8 Å². The highest BCUT2D eigenvalue weighted by molar-refractivity contribution is 9.10. The lowest BCUT2D eigenvalue weighted by atomic mass is 10.1. The number of rotatable bonds is 5. The third-order valence-electron chi connectivity index (χ3n) is 2.80. The molecule has 0 saturated heterocycles. The van der Waals surface area contributed by atoms with Gasteiger partial charge in [0.05, 0.1) is 12.7 Å². The average molecular weight is 335 g/mol. The lowest BCUT2D eigenvalue weighted by Gasteiger charge is -2.12. The first kappa shape index (κ1) is 14.6. The van der Waals surface area contributed by atoms with Gasteiger partial charge in [-0.15, -0.1) is 0 Å². The molecule has 2 rings (SSSR count). The van der Waals surface area contributed by atoms with E-state index in [2.05, 4.69) is 26.8 Å². The Labute approximate surface area is 126 Å². The first-order valence-electron chi connectivity index (χ1n) is 6.12. The third-order valence-corrected chi connectivity index (χ3v) is 3.54.